The van der Waals surface area contributed by atoms with E-state index in [1.807, 2.05) is 18.2 Å². The van der Waals surface area contributed by atoms with E-state index in [-0.39, 0.29) is 6.04 Å². The molecule has 0 amide bonds. The highest BCUT2D eigenvalue weighted by Crippen LogP contribution is 2.36. The predicted octanol–water partition coefficient (Wildman–Crippen LogP) is 2.64. The maximum Gasteiger partial charge on any atom is 0.106 e. The summed E-state index contributed by atoms with van der Waals surface area (Å²) in [4.78, 5) is 4.35. The Labute approximate surface area is 86.7 Å². The third-order valence-electron chi connectivity index (χ3n) is 2.40. The molecule has 0 radical (unpaired) electrons. The van der Waals surface area contributed by atoms with Crippen LogP contribution in [0.1, 0.15) is 31.0 Å². The predicted molar refractivity (Wildman–Crippen MR) is 56.2 cm³/mol. The molecule has 0 saturated heterocycles. The molecule has 2 N–H and O–H groups in total. The number of halogens is 1. The fourth-order valence-corrected chi connectivity index (χ4v) is 1.82. The average molecular weight is 241 g/mol. The molecule has 70 valence electrons. The number of aromatic nitrogens is 1. The van der Waals surface area contributed by atoms with Gasteiger partial charge in [-0.2, -0.15) is 0 Å². The zero-order valence-electron chi connectivity index (χ0n) is 7.41. The number of rotatable bonds is 3. The third-order valence-corrected chi connectivity index (χ3v) is 2.84. The summed E-state index contributed by atoms with van der Waals surface area (Å²) in [6.45, 7) is 0. The van der Waals surface area contributed by atoms with Crippen molar-refractivity contribution in [2.45, 2.75) is 25.3 Å². The average Bonchev–Trinajstić information content (AvgIpc) is 2.88. The normalized spacial score (nSPS) is 18.6. The summed E-state index contributed by atoms with van der Waals surface area (Å²) in [5.74, 6) is 0.857. The van der Waals surface area contributed by atoms with E-state index < -0.39 is 0 Å². The summed E-state index contributed by atoms with van der Waals surface area (Å²) in [7, 11) is 0. The Balaban J connectivity index is 2.04. The lowest BCUT2D eigenvalue weighted by Crippen LogP contribution is -2.12. The molecular formula is C10H13BrN2. The minimum absolute atomic E-state index is 0.116. The van der Waals surface area contributed by atoms with Crippen molar-refractivity contribution in [1.29, 1.82) is 0 Å². The molecule has 0 aromatic carbocycles. The van der Waals surface area contributed by atoms with Crippen LogP contribution in [-0.2, 0) is 0 Å². The van der Waals surface area contributed by atoms with E-state index in [0.717, 1.165) is 22.6 Å². The molecular weight excluding hydrogens is 228 g/mol. The van der Waals surface area contributed by atoms with Gasteiger partial charge in [-0.25, -0.2) is 4.98 Å². The van der Waals surface area contributed by atoms with Gasteiger partial charge in [-0.3, -0.25) is 0 Å². The van der Waals surface area contributed by atoms with Crippen LogP contribution in [0.15, 0.2) is 22.8 Å². The molecule has 1 aliphatic carbocycles. The van der Waals surface area contributed by atoms with Crippen LogP contribution in [-0.4, -0.2) is 4.98 Å². The summed E-state index contributed by atoms with van der Waals surface area (Å²) in [6, 6.07) is 6.02. The van der Waals surface area contributed by atoms with Gasteiger partial charge in [0.05, 0.1) is 5.69 Å². The summed E-state index contributed by atoms with van der Waals surface area (Å²) in [6.07, 6.45) is 3.78. The molecule has 13 heavy (non-hydrogen) atoms. The fraction of sp³-hybridized carbons (Fsp3) is 0.500. The summed E-state index contributed by atoms with van der Waals surface area (Å²) in [5.41, 5.74) is 7.02. The van der Waals surface area contributed by atoms with E-state index >= 15 is 0 Å². The van der Waals surface area contributed by atoms with Gasteiger partial charge in [0.15, 0.2) is 0 Å². The van der Waals surface area contributed by atoms with Crippen molar-refractivity contribution in [3.63, 3.8) is 0 Å². The third kappa shape index (κ3) is 2.51. The van der Waals surface area contributed by atoms with Gasteiger partial charge in [0.2, 0.25) is 0 Å². The summed E-state index contributed by atoms with van der Waals surface area (Å²) >= 11 is 3.35. The Morgan fingerprint density at radius 2 is 2.31 bits per heavy atom. The van der Waals surface area contributed by atoms with Gasteiger partial charge in [-0.15, -0.1) is 0 Å². The van der Waals surface area contributed by atoms with E-state index in [1.165, 1.54) is 12.8 Å². The smallest absolute Gasteiger partial charge is 0.106 e. The van der Waals surface area contributed by atoms with Gasteiger partial charge in [0.1, 0.15) is 4.60 Å². The molecule has 1 aromatic heterocycles. The van der Waals surface area contributed by atoms with Crippen LogP contribution >= 0.6 is 15.9 Å². The Morgan fingerprint density at radius 3 is 2.92 bits per heavy atom. The highest BCUT2D eigenvalue weighted by molar-refractivity contribution is 9.10. The van der Waals surface area contributed by atoms with Crippen molar-refractivity contribution < 1.29 is 0 Å². The van der Waals surface area contributed by atoms with E-state index in [4.69, 9.17) is 5.73 Å². The molecule has 1 aliphatic rings. The van der Waals surface area contributed by atoms with Gasteiger partial charge in [-0.1, -0.05) is 18.9 Å². The molecule has 3 heteroatoms. The second kappa shape index (κ2) is 3.76. The number of pyridine rings is 1. The minimum atomic E-state index is 0.116. The second-order valence-electron chi connectivity index (χ2n) is 3.67. The van der Waals surface area contributed by atoms with Crippen LogP contribution in [0.4, 0.5) is 0 Å². The van der Waals surface area contributed by atoms with Gasteiger partial charge in [0.25, 0.3) is 0 Å². The lowest BCUT2D eigenvalue weighted by atomic mass is 10.1. The van der Waals surface area contributed by atoms with E-state index in [0.29, 0.717) is 0 Å². The summed E-state index contributed by atoms with van der Waals surface area (Å²) in [5, 5.41) is 0. The number of hydrogen-bond acceptors (Lipinski definition) is 2. The largest absolute Gasteiger partial charge is 0.323 e. The van der Waals surface area contributed by atoms with Crippen molar-refractivity contribution in [3.8, 4) is 0 Å². The van der Waals surface area contributed by atoms with E-state index in [9.17, 15) is 0 Å². The maximum absolute atomic E-state index is 6.02. The Kier molecular flexibility index (Phi) is 2.65. The van der Waals surface area contributed by atoms with Crippen molar-refractivity contribution in [2.75, 3.05) is 0 Å². The van der Waals surface area contributed by atoms with Crippen LogP contribution in [0, 0.1) is 5.92 Å². The fourth-order valence-electron chi connectivity index (χ4n) is 1.46. The van der Waals surface area contributed by atoms with Crippen molar-refractivity contribution >= 4 is 15.9 Å². The first-order valence-corrected chi connectivity index (χ1v) is 5.43. The molecule has 0 spiro atoms. The lowest BCUT2D eigenvalue weighted by molar-refractivity contribution is 0.582. The van der Waals surface area contributed by atoms with E-state index in [1.54, 1.807) is 0 Å². The molecule has 1 atom stereocenters. The maximum atomic E-state index is 6.02. The van der Waals surface area contributed by atoms with Crippen LogP contribution < -0.4 is 5.73 Å². The van der Waals surface area contributed by atoms with E-state index in [2.05, 4.69) is 20.9 Å². The first kappa shape index (κ1) is 9.16. The molecule has 0 unspecified atom stereocenters. The molecule has 0 bridgehead atoms. The van der Waals surface area contributed by atoms with Gasteiger partial charge >= 0.3 is 0 Å². The molecule has 2 rings (SSSR count). The standard InChI is InChI=1S/C10H13BrN2/c11-10-3-1-2-9(13-10)8(12)6-7-4-5-7/h1-3,7-8H,4-6,12H2/t8-/m0/s1. The second-order valence-corrected chi connectivity index (χ2v) is 4.48. The van der Waals surface area contributed by atoms with Gasteiger partial charge < -0.3 is 5.73 Å². The monoisotopic (exact) mass is 240 g/mol. The topological polar surface area (TPSA) is 38.9 Å². The van der Waals surface area contributed by atoms with Crippen LogP contribution in [0.3, 0.4) is 0 Å². The Morgan fingerprint density at radius 1 is 1.54 bits per heavy atom. The molecule has 2 nitrogen and oxygen atoms in total. The Bertz CT molecular complexity index is 297. The molecule has 1 saturated carbocycles. The van der Waals surface area contributed by atoms with Crippen LogP contribution in [0.2, 0.25) is 0 Å². The highest BCUT2D eigenvalue weighted by atomic mass is 79.9. The van der Waals surface area contributed by atoms with Gasteiger partial charge in [-0.05, 0) is 40.4 Å². The highest BCUT2D eigenvalue weighted by Gasteiger charge is 2.24. The quantitative estimate of drug-likeness (QED) is 0.826. The lowest BCUT2D eigenvalue weighted by Gasteiger charge is -2.09. The van der Waals surface area contributed by atoms with Crippen LogP contribution in [0.5, 0.6) is 0 Å². The number of nitrogens with two attached hydrogens (primary N) is 1. The molecule has 1 heterocycles. The zero-order valence-corrected chi connectivity index (χ0v) is 9.00. The number of hydrogen-bond donors (Lipinski definition) is 1. The zero-order chi connectivity index (χ0) is 9.26. The van der Waals surface area contributed by atoms with Crippen molar-refractivity contribution in [2.24, 2.45) is 11.7 Å². The minimum Gasteiger partial charge on any atom is -0.323 e. The first-order chi connectivity index (χ1) is 6.25. The Hall–Kier alpha value is -0.410. The first-order valence-electron chi connectivity index (χ1n) is 4.64. The number of nitrogens with zero attached hydrogens (tertiary/aromatic N) is 1. The SMILES string of the molecule is N[C@@H](CC1CC1)c1cccc(Br)n1. The van der Waals surface area contributed by atoms with Crippen LogP contribution in [0.25, 0.3) is 0 Å². The van der Waals surface area contributed by atoms with Crippen molar-refractivity contribution in [3.05, 3.63) is 28.5 Å². The van der Waals surface area contributed by atoms with Crippen molar-refractivity contribution in [1.82, 2.24) is 4.98 Å². The summed E-state index contributed by atoms with van der Waals surface area (Å²) < 4.78 is 0.872. The molecule has 1 fully saturated rings. The molecule has 1 aromatic rings. The van der Waals surface area contributed by atoms with Gasteiger partial charge in [0, 0.05) is 6.04 Å². The molecule has 0 aliphatic heterocycles.